The van der Waals surface area contributed by atoms with Gasteiger partial charge in [-0.2, -0.15) is 0 Å². The zero-order valence-electron chi connectivity index (χ0n) is 5.17. The quantitative estimate of drug-likeness (QED) is 0.548. The predicted octanol–water partition coefficient (Wildman–Crippen LogP) is 1.50. The van der Waals surface area contributed by atoms with Gasteiger partial charge in [0, 0.05) is 0 Å². The third-order valence-corrected chi connectivity index (χ3v) is 0.717. The smallest absolute Gasteiger partial charge is 0.0692 e. The Balaban J connectivity index is 3.19. The number of allylic oxidation sites excluding steroid dienone is 2. The van der Waals surface area contributed by atoms with Gasteiger partial charge in [-0.25, -0.2) is 0 Å². The molecule has 0 saturated heterocycles. The molecule has 1 heteroatoms. The van der Waals surface area contributed by atoms with E-state index in [9.17, 15) is 0 Å². The maximum atomic E-state index is 8.66. The van der Waals surface area contributed by atoms with Crippen molar-refractivity contribution in [2.45, 2.75) is 19.4 Å². The van der Waals surface area contributed by atoms with Crippen LogP contribution < -0.4 is 0 Å². The molecule has 0 saturated carbocycles. The number of aliphatic hydroxyl groups is 1. The van der Waals surface area contributed by atoms with E-state index in [4.69, 9.17) is 5.11 Å². The molecule has 0 aliphatic carbocycles. The minimum atomic E-state index is -0.324. The first-order valence-corrected chi connectivity index (χ1v) is 2.73. The maximum absolute atomic E-state index is 8.66. The van der Waals surface area contributed by atoms with Crippen LogP contribution in [0.15, 0.2) is 24.8 Å². The summed E-state index contributed by atoms with van der Waals surface area (Å²) in [6, 6.07) is 0. The first-order chi connectivity index (χ1) is 3.77. The maximum Gasteiger partial charge on any atom is 0.0692 e. The molecule has 0 fully saturated rings. The van der Waals surface area contributed by atoms with Gasteiger partial charge in [0.2, 0.25) is 0 Å². The van der Waals surface area contributed by atoms with Crippen LogP contribution >= 0.6 is 0 Å². The van der Waals surface area contributed by atoms with E-state index in [1.54, 1.807) is 19.1 Å². The van der Waals surface area contributed by atoms with Crippen molar-refractivity contribution in [2.24, 2.45) is 0 Å². The third-order valence-electron chi connectivity index (χ3n) is 0.717. The van der Waals surface area contributed by atoms with Gasteiger partial charge in [0.05, 0.1) is 6.10 Å². The van der Waals surface area contributed by atoms with Crippen molar-refractivity contribution in [2.75, 3.05) is 0 Å². The van der Waals surface area contributed by atoms with Gasteiger partial charge in [0.1, 0.15) is 0 Å². The second kappa shape index (κ2) is 4.60. The summed E-state index contributed by atoms with van der Waals surface area (Å²) < 4.78 is 0. The lowest BCUT2D eigenvalue weighted by Gasteiger charge is -1.89. The SMILES string of the molecule is C=CC/C=C/C(C)O. The van der Waals surface area contributed by atoms with Gasteiger partial charge in [-0.05, 0) is 13.3 Å². The average molecular weight is 112 g/mol. The van der Waals surface area contributed by atoms with Crippen LogP contribution in [0.1, 0.15) is 13.3 Å². The Morgan fingerprint density at radius 3 is 2.75 bits per heavy atom. The topological polar surface area (TPSA) is 20.2 Å². The first kappa shape index (κ1) is 7.44. The lowest BCUT2D eigenvalue weighted by Crippen LogP contribution is -1.90. The molecule has 0 amide bonds. The van der Waals surface area contributed by atoms with Crippen LogP contribution in [0.4, 0.5) is 0 Å². The van der Waals surface area contributed by atoms with Gasteiger partial charge in [0.15, 0.2) is 0 Å². The Bertz CT molecular complexity index is 82.4. The van der Waals surface area contributed by atoms with Gasteiger partial charge in [-0.1, -0.05) is 18.2 Å². The molecule has 0 radical (unpaired) electrons. The third kappa shape index (κ3) is 5.44. The largest absolute Gasteiger partial charge is 0.389 e. The molecule has 0 aromatic carbocycles. The number of rotatable bonds is 3. The van der Waals surface area contributed by atoms with Crippen LogP contribution in [0, 0.1) is 0 Å². The summed E-state index contributed by atoms with van der Waals surface area (Å²) in [5.74, 6) is 0. The molecular weight excluding hydrogens is 100 g/mol. The zero-order valence-corrected chi connectivity index (χ0v) is 5.17. The molecule has 0 bridgehead atoms. The fourth-order valence-corrected chi connectivity index (χ4v) is 0.372. The van der Waals surface area contributed by atoms with Crippen molar-refractivity contribution >= 4 is 0 Å². The Morgan fingerprint density at radius 1 is 1.75 bits per heavy atom. The summed E-state index contributed by atoms with van der Waals surface area (Å²) >= 11 is 0. The minimum Gasteiger partial charge on any atom is -0.389 e. The fourth-order valence-electron chi connectivity index (χ4n) is 0.372. The molecule has 0 aromatic rings. The highest BCUT2D eigenvalue weighted by atomic mass is 16.3. The van der Waals surface area contributed by atoms with Crippen molar-refractivity contribution in [3.05, 3.63) is 24.8 Å². The molecule has 1 N–H and O–H groups in total. The van der Waals surface area contributed by atoms with Crippen LogP contribution in [-0.4, -0.2) is 11.2 Å². The first-order valence-electron chi connectivity index (χ1n) is 2.73. The summed E-state index contributed by atoms with van der Waals surface area (Å²) in [6.07, 6.45) is 5.93. The Labute approximate surface area is 50.3 Å². The van der Waals surface area contributed by atoms with E-state index < -0.39 is 0 Å². The van der Waals surface area contributed by atoms with Crippen LogP contribution in [0.25, 0.3) is 0 Å². The molecule has 0 aromatic heterocycles. The lowest BCUT2D eigenvalue weighted by atomic mass is 10.3. The second-order valence-electron chi connectivity index (χ2n) is 1.69. The van der Waals surface area contributed by atoms with E-state index >= 15 is 0 Å². The summed E-state index contributed by atoms with van der Waals surface area (Å²) in [6.45, 7) is 5.25. The minimum absolute atomic E-state index is 0.324. The Hall–Kier alpha value is -0.560. The van der Waals surface area contributed by atoms with Gasteiger partial charge in [0.25, 0.3) is 0 Å². The predicted molar refractivity (Wildman–Crippen MR) is 35.6 cm³/mol. The van der Waals surface area contributed by atoms with Crippen molar-refractivity contribution in [3.63, 3.8) is 0 Å². The highest BCUT2D eigenvalue weighted by molar-refractivity contribution is 4.91. The van der Waals surface area contributed by atoms with Crippen LogP contribution in [0.5, 0.6) is 0 Å². The van der Waals surface area contributed by atoms with Crippen LogP contribution in [0.3, 0.4) is 0 Å². The van der Waals surface area contributed by atoms with Crippen molar-refractivity contribution in [3.8, 4) is 0 Å². The summed E-state index contributed by atoms with van der Waals surface area (Å²) in [7, 11) is 0. The van der Waals surface area contributed by atoms with Gasteiger partial charge in [-0.15, -0.1) is 6.58 Å². The Kier molecular flexibility index (Phi) is 4.27. The molecule has 1 nitrogen and oxygen atoms in total. The fraction of sp³-hybridized carbons (Fsp3) is 0.429. The molecule has 1 unspecified atom stereocenters. The van der Waals surface area contributed by atoms with E-state index in [2.05, 4.69) is 6.58 Å². The van der Waals surface area contributed by atoms with Gasteiger partial charge in [-0.3, -0.25) is 0 Å². The lowest BCUT2D eigenvalue weighted by molar-refractivity contribution is 0.244. The van der Waals surface area contributed by atoms with E-state index in [1.165, 1.54) is 0 Å². The molecular formula is C7H12O. The highest BCUT2D eigenvalue weighted by Crippen LogP contribution is 1.86. The normalized spacial score (nSPS) is 14.2. The van der Waals surface area contributed by atoms with Crippen LogP contribution in [-0.2, 0) is 0 Å². The zero-order chi connectivity index (χ0) is 6.41. The van der Waals surface area contributed by atoms with Crippen molar-refractivity contribution in [1.82, 2.24) is 0 Å². The van der Waals surface area contributed by atoms with E-state index in [-0.39, 0.29) is 6.10 Å². The van der Waals surface area contributed by atoms with E-state index in [0.29, 0.717) is 0 Å². The second-order valence-corrected chi connectivity index (χ2v) is 1.69. The molecule has 0 spiro atoms. The molecule has 8 heavy (non-hydrogen) atoms. The summed E-state index contributed by atoms with van der Waals surface area (Å²) in [4.78, 5) is 0. The molecule has 1 atom stereocenters. The molecule has 0 aliphatic heterocycles. The standard InChI is InChI=1S/C7H12O/c1-3-4-5-6-7(2)8/h3,5-8H,1,4H2,2H3/b6-5+. The monoisotopic (exact) mass is 112 g/mol. The number of aliphatic hydroxyl groups excluding tert-OH is 1. The molecule has 0 aliphatic rings. The summed E-state index contributed by atoms with van der Waals surface area (Å²) in [5.41, 5.74) is 0. The molecule has 0 rings (SSSR count). The number of hydrogen-bond donors (Lipinski definition) is 1. The molecule has 46 valence electrons. The van der Waals surface area contributed by atoms with Crippen LogP contribution in [0.2, 0.25) is 0 Å². The average Bonchev–Trinajstić information content (AvgIpc) is 1.66. The van der Waals surface area contributed by atoms with Gasteiger partial charge >= 0.3 is 0 Å². The van der Waals surface area contributed by atoms with Gasteiger partial charge < -0.3 is 5.11 Å². The van der Waals surface area contributed by atoms with Crippen molar-refractivity contribution in [1.29, 1.82) is 0 Å². The van der Waals surface area contributed by atoms with E-state index in [0.717, 1.165) is 6.42 Å². The van der Waals surface area contributed by atoms with Crippen molar-refractivity contribution < 1.29 is 5.11 Å². The molecule has 0 heterocycles. The Morgan fingerprint density at radius 2 is 2.38 bits per heavy atom. The highest BCUT2D eigenvalue weighted by Gasteiger charge is 1.80. The summed E-state index contributed by atoms with van der Waals surface area (Å²) in [5, 5.41) is 8.66. The van der Waals surface area contributed by atoms with E-state index in [1.807, 2.05) is 6.08 Å². The number of hydrogen-bond acceptors (Lipinski definition) is 1.